The molecule has 2 aliphatic rings. The van der Waals surface area contributed by atoms with E-state index in [0.717, 1.165) is 5.92 Å². The van der Waals surface area contributed by atoms with Gasteiger partial charge in [0.1, 0.15) is 0 Å². The first-order valence-corrected chi connectivity index (χ1v) is 5.09. The number of hydrogen-bond donors (Lipinski definition) is 0. The summed E-state index contributed by atoms with van der Waals surface area (Å²) in [4.78, 5) is 4.69. The van der Waals surface area contributed by atoms with Crippen molar-refractivity contribution in [2.45, 2.75) is 45.1 Å². The quantitative estimate of drug-likeness (QED) is 0.520. The van der Waals surface area contributed by atoms with E-state index in [9.17, 15) is 0 Å². The number of allylic oxidation sites excluding steroid dienone is 1. The summed E-state index contributed by atoms with van der Waals surface area (Å²) in [6.45, 7) is 2.11. The second kappa shape index (κ2) is 3.42. The van der Waals surface area contributed by atoms with Gasteiger partial charge in [0.2, 0.25) is 0 Å². The zero-order valence-electron chi connectivity index (χ0n) is 7.79. The van der Waals surface area contributed by atoms with Gasteiger partial charge in [0, 0.05) is 5.71 Å². The Morgan fingerprint density at radius 3 is 3.00 bits per heavy atom. The van der Waals surface area contributed by atoms with E-state index in [4.69, 9.17) is 4.99 Å². The summed E-state index contributed by atoms with van der Waals surface area (Å²) in [6, 6.07) is 0.623. The zero-order valence-corrected chi connectivity index (χ0v) is 7.79. The molecule has 66 valence electrons. The molecule has 12 heavy (non-hydrogen) atoms. The Hall–Kier alpha value is -0.590. The van der Waals surface area contributed by atoms with Crippen LogP contribution in [0.2, 0.25) is 0 Å². The standard InChI is InChI=1S/C11H17N/c1-9-7-8-10-5-3-2-4-6-11(10)12-9/h7-8,10-11H,2-6H2,1H3. The van der Waals surface area contributed by atoms with Crippen molar-refractivity contribution in [1.29, 1.82) is 0 Å². The van der Waals surface area contributed by atoms with Gasteiger partial charge in [0.15, 0.2) is 0 Å². The number of nitrogens with zero attached hydrogens (tertiary/aromatic N) is 1. The van der Waals surface area contributed by atoms with Gasteiger partial charge < -0.3 is 0 Å². The van der Waals surface area contributed by atoms with Gasteiger partial charge in [0.25, 0.3) is 0 Å². The molecule has 0 amide bonds. The van der Waals surface area contributed by atoms with Crippen molar-refractivity contribution in [3.63, 3.8) is 0 Å². The molecular formula is C11H17N. The highest BCUT2D eigenvalue weighted by Crippen LogP contribution is 2.28. The van der Waals surface area contributed by atoms with Crippen LogP contribution in [0.15, 0.2) is 17.1 Å². The van der Waals surface area contributed by atoms with Crippen molar-refractivity contribution < 1.29 is 0 Å². The van der Waals surface area contributed by atoms with Crippen LogP contribution >= 0.6 is 0 Å². The zero-order chi connectivity index (χ0) is 8.39. The van der Waals surface area contributed by atoms with Gasteiger partial charge in [-0.1, -0.05) is 25.3 Å². The Morgan fingerprint density at radius 2 is 2.08 bits per heavy atom. The van der Waals surface area contributed by atoms with E-state index in [1.807, 2.05) is 0 Å². The number of fused-ring (bicyclic) bond motifs is 1. The second-order valence-corrected chi connectivity index (χ2v) is 4.00. The van der Waals surface area contributed by atoms with Crippen LogP contribution in [0.3, 0.4) is 0 Å². The molecule has 0 aromatic rings. The van der Waals surface area contributed by atoms with Crippen molar-refractivity contribution in [2.24, 2.45) is 10.9 Å². The van der Waals surface area contributed by atoms with E-state index < -0.39 is 0 Å². The van der Waals surface area contributed by atoms with Crippen LogP contribution in [0, 0.1) is 5.92 Å². The van der Waals surface area contributed by atoms with E-state index in [1.165, 1.54) is 37.8 Å². The summed E-state index contributed by atoms with van der Waals surface area (Å²) >= 11 is 0. The molecule has 0 N–H and O–H groups in total. The van der Waals surface area contributed by atoms with Crippen LogP contribution in [0.5, 0.6) is 0 Å². The molecular weight excluding hydrogens is 146 g/mol. The number of hydrogen-bond acceptors (Lipinski definition) is 1. The van der Waals surface area contributed by atoms with E-state index in [1.54, 1.807) is 0 Å². The highest BCUT2D eigenvalue weighted by Gasteiger charge is 2.22. The summed E-state index contributed by atoms with van der Waals surface area (Å²) in [7, 11) is 0. The molecule has 0 aromatic heterocycles. The van der Waals surface area contributed by atoms with E-state index >= 15 is 0 Å². The monoisotopic (exact) mass is 163 g/mol. The van der Waals surface area contributed by atoms with Crippen LogP contribution in [0.25, 0.3) is 0 Å². The molecule has 1 aliphatic carbocycles. The lowest BCUT2D eigenvalue weighted by molar-refractivity contribution is 0.474. The Kier molecular flexibility index (Phi) is 2.29. The fourth-order valence-corrected chi connectivity index (χ4v) is 2.27. The molecule has 1 heteroatoms. The Balaban J connectivity index is 2.11. The molecule has 0 radical (unpaired) electrons. The average Bonchev–Trinajstić information content (AvgIpc) is 2.28. The Bertz CT molecular complexity index is 215. The van der Waals surface area contributed by atoms with Crippen molar-refractivity contribution in [3.05, 3.63) is 12.2 Å². The molecule has 1 saturated carbocycles. The van der Waals surface area contributed by atoms with Crippen LogP contribution in [0.4, 0.5) is 0 Å². The van der Waals surface area contributed by atoms with Gasteiger partial charge in [0.05, 0.1) is 6.04 Å². The third-order valence-corrected chi connectivity index (χ3v) is 2.99. The van der Waals surface area contributed by atoms with Crippen molar-refractivity contribution in [1.82, 2.24) is 0 Å². The Labute approximate surface area is 74.6 Å². The lowest BCUT2D eigenvalue weighted by Gasteiger charge is -2.22. The van der Waals surface area contributed by atoms with Crippen LogP contribution in [-0.4, -0.2) is 11.8 Å². The highest BCUT2D eigenvalue weighted by molar-refractivity contribution is 5.93. The average molecular weight is 163 g/mol. The van der Waals surface area contributed by atoms with Crippen LogP contribution in [-0.2, 0) is 0 Å². The number of aliphatic imine (C=N–C) groups is 1. The van der Waals surface area contributed by atoms with Gasteiger partial charge in [-0.25, -0.2) is 0 Å². The van der Waals surface area contributed by atoms with Crippen molar-refractivity contribution in [3.8, 4) is 0 Å². The molecule has 2 atom stereocenters. The summed E-state index contributed by atoms with van der Waals surface area (Å²) in [5.41, 5.74) is 1.22. The summed E-state index contributed by atoms with van der Waals surface area (Å²) < 4.78 is 0. The molecule has 0 saturated heterocycles. The summed E-state index contributed by atoms with van der Waals surface area (Å²) in [6.07, 6.45) is 11.4. The highest BCUT2D eigenvalue weighted by atomic mass is 14.8. The topological polar surface area (TPSA) is 12.4 Å². The molecule has 1 fully saturated rings. The Morgan fingerprint density at radius 1 is 1.25 bits per heavy atom. The smallest absolute Gasteiger partial charge is 0.0565 e. The number of dihydropyridines is 1. The third-order valence-electron chi connectivity index (χ3n) is 2.99. The van der Waals surface area contributed by atoms with Gasteiger partial charge >= 0.3 is 0 Å². The molecule has 0 aromatic carbocycles. The molecule has 1 aliphatic heterocycles. The molecule has 2 unspecified atom stereocenters. The van der Waals surface area contributed by atoms with E-state index in [2.05, 4.69) is 19.1 Å². The molecule has 2 rings (SSSR count). The maximum Gasteiger partial charge on any atom is 0.0565 e. The van der Waals surface area contributed by atoms with Gasteiger partial charge in [-0.05, 0) is 31.8 Å². The first kappa shape index (κ1) is 8.03. The minimum absolute atomic E-state index is 0.623. The summed E-state index contributed by atoms with van der Waals surface area (Å²) in [5, 5.41) is 0. The van der Waals surface area contributed by atoms with Gasteiger partial charge in [-0.15, -0.1) is 0 Å². The van der Waals surface area contributed by atoms with E-state index in [0.29, 0.717) is 6.04 Å². The first-order chi connectivity index (χ1) is 5.86. The molecule has 1 nitrogen and oxygen atoms in total. The lowest BCUT2D eigenvalue weighted by atomic mass is 9.92. The van der Waals surface area contributed by atoms with Crippen molar-refractivity contribution in [2.75, 3.05) is 0 Å². The minimum atomic E-state index is 0.623. The normalized spacial score (nSPS) is 35.2. The van der Waals surface area contributed by atoms with Gasteiger partial charge in [-0.3, -0.25) is 4.99 Å². The first-order valence-electron chi connectivity index (χ1n) is 5.09. The fourth-order valence-electron chi connectivity index (χ4n) is 2.27. The van der Waals surface area contributed by atoms with Gasteiger partial charge in [-0.2, -0.15) is 0 Å². The largest absolute Gasteiger partial charge is 0.286 e. The second-order valence-electron chi connectivity index (χ2n) is 4.00. The molecule has 1 heterocycles. The SMILES string of the molecule is CC1=NC2CCCCCC2C=C1. The third kappa shape index (κ3) is 1.60. The number of rotatable bonds is 0. The van der Waals surface area contributed by atoms with E-state index in [-0.39, 0.29) is 0 Å². The maximum absolute atomic E-state index is 4.69. The minimum Gasteiger partial charge on any atom is -0.286 e. The fraction of sp³-hybridized carbons (Fsp3) is 0.727. The maximum atomic E-state index is 4.69. The van der Waals surface area contributed by atoms with Crippen LogP contribution in [0.1, 0.15) is 39.0 Å². The molecule has 0 bridgehead atoms. The predicted octanol–water partition coefficient (Wildman–Crippen LogP) is 2.97. The lowest BCUT2D eigenvalue weighted by Crippen LogP contribution is -2.19. The summed E-state index contributed by atoms with van der Waals surface area (Å²) in [5.74, 6) is 0.760. The molecule has 0 spiro atoms. The van der Waals surface area contributed by atoms with Crippen LogP contribution < -0.4 is 0 Å². The predicted molar refractivity (Wildman–Crippen MR) is 52.6 cm³/mol. The van der Waals surface area contributed by atoms with Crippen molar-refractivity contribution >= 4 is 5.71 Å².